The van der Waals surface area contributed by atoms with Gasteiger partial charge < -0.3 is 0 Å². The Balaban J connectivity index is 3.50. The number of rotatable bonds is 4. The molecule has 1 rings (SSSR count). The summed E-state index contributed by atoms with van der Waals surface area (Å²) in [6.45, 7) is 3.27. The maximum absolute atomic E-state index is 13.3. The average Bonchev–Trinajstić information content (AvgIpc) is 2.45. The highest BCUT2D eigenvalue weighted by Crippen LogP contribution is 2.58. The summed E-state index contributed by atoms with van der Waals surface area (Å²) in [6, 6.07) is 8.62. The lowest BCUT2D eigenvalue weighted by Crippen LogP contribution is -2.54. The second-order valence-corrected chi connectivity index (χ2v) is 4.80. The van der Waals surface area contributed by atoms with Crippen LogP contribution in [0.4, 0.5) is 26.3 Å². The largest absolute Gasteiger partial charge is 0.405 e. The van der Waals surface area contributed by atoms with Gasteiger partial charge in [-0.3, -0.25) is 0 Å². The van der Waals surface area contributed by atoms with E-state index in [4.69, 9.17) is 10.5 Å². The van der Waals surface area contributed by atoms with Crippen LogP contribution in [0.25, 0.3) is 5.57 Å². The topological polar surface area (TPSA) is 47.6 Å². The molecule has 0 aliphatic rings. The molecule has 2 nitrogen and oxygen atoms in total. The molecule has 0 saturated carbocycles. The van der Waals surface area contributed by atoms with E-state index in [-0.39, 0.29) is 5.56 Å². The third-order valence-electron chi connectivity index (χ3n) is 3.44. The van der Waals surface area contributed by atoms with E-state index in [1.807, 2.05) is 0 Å². The normalized spacial score (nSPS) is 12.6. The Morgan fingerprint density at radius 2 is 1.39 bits per heavy atom. The van der Waals surface area contributed by atoms with Gasteiger partial charge in [-0.05, 0) is 17.6 Å². The molecule has 0 heterocycles. The Kier molecular flexibility index (Phi) is 5.11. The smallest absolute Gasteiger partial charge is 0.197 e. The van der Waals surface area contributed by atoms with Crippen LogP contribution in [-0.2, 0) is 0 Å². The van der Waals surface area contributed by atoms with Gasteiger partial charge in [0.15, 0.2) is 11.3 Å². The monoisotopic (exact) mass is 332 g/mol. The van der Waals surface area contributed by atoms with Crippen molar-refractivity contribution >= 4 is 5.57 Å². The number of alkyl halides is 6. The van der Waals surface area contributed by atoms with Crippen LogP contribution in [0.1, 0.15) is 12.0 Å². The average molecular weight is 332 g/mol. The molecule has 1 aromatic rings. The molecule has 0 unspecified atom stereocenters. The zero-order valence-corrected chi connectivity index (χ0v) is 11.5. The first kappa shape index (κ1) is 18.6. The quantitative estimate of drug-likeness (QED) is 0.739. The predicted octanol–water partition coefficient (Wildman–Crippen LogP) is 4.86. The minimum Gasteiger partial charge on any atom is -0.197 e. The van der Waals surface area contributed by atoms with Gasteiger partial charge in [-0.2, -0.15) is 36.9 Å². The Labute approximate surface area is 128 Å². The molecular weight excluding hydrogens is 322 g/mol. The number of nitrogens with zero attached hydrogens (tertiary/aromatic N) is 2. The highest BCUT2D eigenvalue weighted by Gasteiger charge is 2.74. The van der Waals surface area contributed by atoms with Crippen LogP contribution in [0, 0.1) is 34.0 Å². The van der Waals surface area contributed by atoms with Crippen molar-refractivity contribution in [2.24, 2.45) is 11.3 Å². The van der Waals surface area contributed by atoms with Gasteiger partial charge in [0.1, 0.15) is 0 Å². The molecule has 0 amide bonds. The maximum atomic E-state index is 13.3. The lowest BCUT2D eigenvalue weighted by atomic mass is 9.70. The summed E-state index contributed by atoms with van der Waals surface area (Å²) in [5, 5.41) is 17.3. The van der Waals surface area contributed by atoms with Crippen molar-refractivity contribution in [2.45, 2.75) is 18.8 Å². The number of nitriles is 2. The van der Waals surface area contributed by atoms with Gasteiger partial charge in [-0.15, -0.1) is 0 Å². The Morgan fingerprint density at radius 3 is 1.74 bits per heavy atom. The summed E-state index contributed by atoms with van der Waals surface area (Å²) < 4.78 is 79.8. The van der Waals surface area contributed by atoms with Crippen molar-refractivity contribution in [1.82, 2.24) is 0 Å². The molecule has 122 valence electrons. The van der Waals surface area contributed by atoms with E-state index in [9.17, 15) is 26.3 Å². The van der Waals surface area contributed by atoms with Crippen molar-refractivity contribution in [3.63, 3.8) is 0 Å². The van der Waals surface area contributed by atoms with Crippen LogP contribution >= 0.6 is 0 Å². The van der Waals surface area contributed by atoms with Gasteiger partial charge in [0.25, 0.3) is 0 Å². The van der Waals surface area contributed by atoms with E-state index in [2.05, 4.69) is 6.58 Å². The lowest BCUT2D eigenvalue weighted by Gasteiger charge is -2.38. The van der Waals surface area contributed by atoms with Crippen molar-refractivity contribution in [3.05, 3.63) is 42.5 Å². The van der Waals surface area contributed by atoms with Crippen molar-refractivity contribution in [1.29, 1.82) is 10.5 Å². The molecule has 0 fully saturated rings. The van der Waals surface area contributed by atoms with E-state index >= 15 is 0 Å². The molecule has 23 heavy (non-hydrogen) atoms. The van der Waals surface area contributed by atoms with Crippen molar-refractivity contribution in [3.8, 4) is 12.1 Å². The third kappa shape index (κ3) is 3.31. The number of benzene rings is 1. The molecule has 0 aliphatic carbocycles. The minimum absolute atomic E-state index is 0.0694. The van der Waals surface area contributed by atoms with E-state index in [0.29, 0.717) is 0 Å². The first-order valence-corrected chi connectivity index (χ1v) is 6.17. The highest BCUT2D eigenvalue weighted by atomic mass is 19.4. The molecule has 0 saturated heterocycles. The van der Waals surface area contributed by atoms with Crippen LogP contribution in [0.3, 0.4) is 0 Å². The molecule has 0 radical (unpaired) electrons. The van der Waals surface area contributed by atoms with Gasteiger partial charge in [0, 0.05) is 0 Å². The Hall–Kier alpha value is -2.48. The predicted molar refractivity (Wildman–Crippen MR) is 69.4 cm³/mol. The minimum atomic E-state index is -5.85. The van der Waals surface area contributed by atoms with Gasteiger partial charge in [-0.1, -0.05) is 36.9 Å². The summed E-state index contributed by atoms with van der Waals surface area (Å²) in [7, 11) is 0. The molecular formula is C15H10F6N2. The van der Waals surface area contributed by atoms with Crippen molar-refractivity contribution in [2.75, 3.05) is 0 Å². The number of hydrogen-bond acceptors (Lipinski definition) is 2. The summed E-state index contributed by atoms with van der Waals surface area (Å²) in [5.74, 6) is -2.94. The molecule has 1 aromatic carbocycles. The van der Waals surface area contributed by atoms with E-state index in [0.717, 1.165) is 12.1 Å². The molecule has 8 heteroatoms. The zero-order chi connectivity index (χ0) is 17.9. The van der Waals surface area contributed by atoms with E-state index in [1.165, 1.54) is 30.3 Å². The van der Waals surface area contributed by atoms with Gasteiger partial charge >= 0.3 is 12.4 Å². The Bertz CT molecular complexity index is 618. The van der Waals surface area contributed by atoms with Crippen LogP contribution in [0.5, 0.6) is 0 Å². The lowest BCUT2D eigenvalue weighted by molar-refractivity contribution is -0.346. The summed E-state index contributed by atoms with van der Waals surface area (Å²) in [6.07, 6.45) is -13.3. The first-order chi connectivity index (χ1) is 10.5. The second kappa shape index (κ2) is 6.33. The standard InChI is InChI=1S/C15H10F6N2/c1-10(11-5-3-2-4-6-11)7-13(14(16,17)18,15(19,20)21)12(8-22)9-23/h2-6,12H,1,7H2. The Morgan fingerprint density at radius 1 is 0.957 bits per heavy atom. The third-order valence-corrected chi connectivity index (χ3v) is 3.44. The van der Waals surface area contributed by atoms with Gasteiger partial charge in [0.05, 0.1) is 12.1 Å². The van der Waals surface area contributed by atoms with Gasteiger partial charge in [0.2, 0.25) is 0 Å². The van der Waals surface area contributed by atoms with Gasteiger partial charge in [-0.25, -0.2) is 0 Å². The fraction of sp³-hybridized carbons (Fsp3) is 0.333. The molecule has 0 spiro atoms. The van der Waals surface area contributed by atoms with E-state index in [1.54, 1.807) is 0 Å². The maximum Gasteiger partial charge on any atom is 0.405 e. The fourth-order valence-corrected chi connectivity index (χ4v) is 2.15. The molecule has 0 atom stereocenters. The molecule has 0 aliphatic heterocycles. The SMILES string of the molecule is C=C(CC(C(C#N)C#N)(C(F)(F)F)C(F)(F)F)c1ccccc1. The summed E-state index contributed by atoms with van der Waals surface area (Å²) >= 11 is 0. The van der Waals surface area contributed by atoms with Crippen LogP contribution in [0.15, 0.2) is 36.9 Å². The van der Waals surface area contributed by atoms with E-state index < -0.39 is 35.7 Å². The summed E-state index contributed by atoms with van der Waals surface area (Å²) in [5.41, 5.74) is -4.90. The van der Waals surface area contributed by atoms with Crippen LogP contribution in [0.2, 0.25) is 0 Å². The fourth-order valence-electron chi connectivity index (χ4n) is 2.15. The second-order valence-electron chi connectivity index (χ2n) is 4.80. The summed E-state index contributed by atoms with van der Waals surface area (Å²) in [4.78, 5) is 0. The van der Waals surface area contributed by atoms with Crippen molar-refractivity contribution < 1.29 is 26.3 Å². The first-order valence-electron chi connectivity index (χ1n) is 6.17. The zero-order valence-electron chi connectivity index (χ0n) is 11.5. The molecule has 0 aromatic heterocycles. The highest BCUT2D eigenvalue weighted by molar-refractivity contribution is 5.64. The molecule has 0 N–H and O–H groups in total. The number of halogens is 6. The number of hydrogen-bond donors (Lipinski definition) is 0. The molecule has 0 bridgehead atoms. The van der Waals surface area contributed by atoms with Crippen LogP contribution in [-0.4, -0.2) is 12.4 Å². The number of allylic oxidation sites excluding steroid dienone is 1. The van der Waals surface area contributed by atoms with Crippen LogP contribution < -0.4 is 0 Å².